The van der Waals surface area contributed by atoms with Crippen molar-refractivity contribution in [1.29, 1.82) is 0 Å². The molecule has 0 bridgehead atoms. The summed E-state index contributed by atoms with van der Waals surface area (Å²) in [6, 6.07) is 115. The zero-order valence-electron chi connectivity index (χ0n) is 57.3. The van der Waals surface area contributed by atoms with Gasteiger partial charge >= 0.3 is 0 Å². The van der Waals surface area contributed by atoms with Gasteiger partial charge in [0.1, 0.15) is 46.3 Å². The van der Waals surface area contributed by atoms with Crippen molar-refractivity contribution in [1.82, 2.24) is 0 Å². The Bertz CT molecular complexity index is 5740. The molecule has 4 nitrogen and oxygen atoms in total. The van der Waals surface area contributed by atoms with Crippen molar-refractivity contribution in [3.05, 3.63) is 444 Å². The molecule has 16 aromatic rings. The van der Waals surface area contributed by atoms with Crippen molar-refractivity contribution in [2.75, 3.05) is 9.80 Å². The smallest absolute Gasteiger partial charge is 0.150 e. The highest BCUT2D eigenvalue weighted by Crippen LogP contribution is 2.60. The first-order chi connectivity index (χ1) is 52.0. The van der Waals surface area contributed by atoms with E-state index >= 15 is 17.6 Å². The van der Waals surface area contributed by atoms with Gasteiger partial charge in [-0.2, -0.15) is 0 Å². The summed E-state index contributed by atoms with van der Waals surface area (Å²) in [5.41, 5.74) is 17.1. The monoisotopic (exact) mass is 1380 g/mol. The lowest BCUT2D eigenvalue weighted by molar-refractivity contribution is 0.482. The Morgan fingerprint density at radius 1 is 0.264 bits per heavy atom. The number of hydrogen-bond acceptors (Lipinski definition) is 4. The van der Waals surface area contributed by atoms with Crippen LogP contribution in [0.25, 0.3) is 67.1 Å². The number of hydrogen-bond donors (Lipinski definition) is 0. The van der Waals surface area contributed by atoms with E-state index in [1.807, 2.05) is 155 Å². The lowest BCUT2D eigenvalue weighted by atomic mass is 9.67. The Hall–Kier alpha value is -13.6. The van der Waals surface area contributed by atoms with Gasteiger partial charge in [0.15, 0.2) is 0 Å². The number of ether oxygens (including phenoxy) is 2. The first-order valence-corrected chi connectivity index (χ1v) is 35.2. The van der Waals surface area contributed by atoms with Crippen LogP contribution in [-0.2, 0) is 10.8 Å². The zero-order valence-corrected chi connectivity index (χ0v) is 57.3. The molecule has 16 aromatic carbocycles. The summed E-state index contributed by atoms with van der Waals surface area (Å²) in [4.78, 5) is 3.69. The molecule has 506 valence electrons. The third-order valence-electron chi connectivity index (χ3n) is 21.1. The average molecular weight is 1380 g/mol. The summed E-state index contributed by atoms with van der Waals surface area (Å²) in [6.45, 7) is 7.81. The summed E-state index contributed by atoms with van der Waals surface area (Å²) in [7, 11) is 0. The van der Waals surface area contributed by atoms with Crippen LogP contribution in [0.5, 0.6) is 23.0 Å². The Kier molecular flexibility index (Phi) is 16.0. The van der Waals surface area contributed by atoms with Crippen molar-refractivity contribution >= 4 is 67.8 Å². The minimum atomic E-state index is -0.893. The molecule has 8 heteroatoms. The maximum atomic E-state index is 16.9. The Balaban J connectivity index is 0.733. The second-order valence-corrected chi connectivity index (χ2v) is 26.9. The topological polar surface area (TPSA) is 24.9 Å². The highest BCUT2D eigenvalue weighted by molar-refractivity contribution is 5.95. The molecule has 0 spiro atoms. The maximum absolute atomic E-state index is 16.9. The molecule has 0 N–H and O–H groups in total. The highest BCUT2D eigenvalue weighted by atomic mass is 19.1. The molecule has 0 fully saturated rings. The van der Waals surface area contributed by atoms with Gasteiger partial charge in [0.05, 0.1) is 22.2 Å². The molecule has 0 amide bonds. The van der Waals surface area contributed by atoms with E-state index in [0.29, 0.717) is 45.7 Å². The van der Waals surface area contributed by atoms with Gasteiger partial charge in [0.25, 0.3) is 0 Å². The molecule has 0 saturated heterocycles. The van der Waals surface area contributed by atoms with Gasteiger partial charge in [0.2, 0.25) is 0 Å². The fourth-order valence-electron chi connectivity index (χ4n) is 16.2. The summed E-state index contributed by atoms with van der Waals surface area (Å²) in [5, 5.41) is 4.37. The lowest BCUT2D eigenvalue weighted by Gasteiger charge is -2.35. The molecule has 2 unspecified atom stereocenters. The van der Waals surface area contributed by atoms with Gasteiger partial charge in [-0.15, -0.1) is 0 Å². The largest absolute Gasteiger partial charge is 0.457 e. The van der Waals surface area contributed by atoms with Crippen LogP contribution >= 0.6 is 0 Å². The van der Waals surface area contributed by atoms with Gasteiger partial charge in [-0.3, -0.25) is 0 Å². The highest BCUT2D eigenvalue weighted by Gasteiger charge is 2.48. The van der Waals surface area contributed by atoms with Gasteiger partial charge in [-0.25, -0.2) is 17.6 Å². The maximum Gasteiger partial charge on any atom is 0.150 e. The van der Waals surface area contributed by atoms with E-state index in [-0.39, 0.29) is 11.4 Å². The molecule has 2 aliphatic rings. The van der Waals surface area contributed by atoms with Gasteiger partial charge in [-0.05, 0) is 244 Å². The molecule has 106 heavy (non-hydrogen) atoms. The van der Waals surface area contributed by atoms with Crippen LogP contribution < -0.4 is 19.3 Å². The quantitative estimate of drug-likeness (QED) is 0.0849. The van der Waals surface area contributed by atoms with Gasteiger partial charge in [-0.1, -0.05) is 232 Å². The van der Waals surface area contributed by atoms with E-state index in [1.165, 1.54) is 24.3 Å². The number of benzene rings is 16. The second-order valence-electron chi connectivity index (χ2n) is 26.9. The molecule has 0 radical (unpaired) electrons. The van der Waals surface area contributed by atoms with Crippen LogP contribution in [0.1, 0.15) is 55.6 Å². The minimum absolute atomic E-state index is 0.153. The van der Waals surface area contributed by atoms with Crippen LogP contribution in [0.2, 0.25) is 0 Å². The van der Waals surface area contributed by atoms with Crippen LogP contribution in [0.3, 0.4) is 0 Å². The number of rotatable bonds is 17. The number of halogens is 4. The van der Waals surface area contributed by atoms with E-state index in [2.05, 4.69) is 183 Å². The fourth-order valence-corrected chi connectivity index (χ4v) is 16.2. The van der Waals surface area contributed by atoms with Crippen molar-refractivity contribution in [3.8, 4) is 56.4 Å². The minimum Gasteiger partial charge on any atom is -0.457 e. The molecule has 0 aromatic heterocycles. The number of anilines is 6. The van der Waals surface area contributed by atoms with E-state index in [9.17, 15) is 0 Å². The van der Waals surface area contributed by atoms with Crippen LogP contribution in [0.4, 0.5) is 51.7 Å². The van der Waals surface area contributed by atoms with E-state index in [4.69, 9.17) is 9.47 Å². The number of nitrogens with zero attached hydrogens (tertiary/aromatic N) is 2. The lowest BCUT2D eigenvalue weighted by Crippen LogP contribution is -2.29. The average Bonchev–Trinajstić information content (AvgIpc) is 1.51. The van der Waals surface area contributed by atoms with Crippen LogP contribution in [0.15, 0.2) is 365 Å². The summed E-state index contributed by atoms with van der Waals surface area (Å²) in [6.07, 6.45) is 3.60. The molecular weight excluding hydrogens is 1310 g/mol. The first-order valence-electron chi connectivity index (χ1n) is 35.2. The fraction of sp³-hybridized carbons (Fsp3) is 0.0204. The number of fused-ring (bicyclic) bond motifs is 8. The summed E-state index contributed by atoms with van der Waals surface area (Å²) in [5.74, 6) is -0.130. The van der Waals surface area contributed by atoms with E-state index < -0.39 is 34.1 Å². The Labute approximate surface area is 612 Å². The second kappa shape index (κ2) is 26.4. The van der Waals surface area contributed by atoms with E-state index in [1.54, 1.807) is 12.2 Å². The van der Waals surface area contributed by atoms with Crippen molar-refractivity contribution in [2.45, 2.75) is 10.8 Å². The third-order valence-corrected chi connectivity index (χ3v) is 21.1. The normalized spacial score (nSPS) is 14.6. The molecule has 0 aliphatic heterocycles. The SMILES string of the molecule is C=Cc1ccc(Oc2ccc(C3(c4ccc5ccccc5c4)c4ccccc4-c4ccc(N(c5ccc(-c6ccc(N(c7ccc8c(c7)C(c7ccc(Oc9ccc(C=C)cc9)cc7)(c7ccc9ccccc9c7)c7ccccc7-8)c7ccc(F)cc7F)cc6)cc5)c5ccc(F)cc5F)cc43)cc2)cc1. The molecule has 2 atom stereocenters. The van der Waals surface area contributed by atoms with Gasteiger partial charge in [0, 0.05) is 34.9 Å². The molecule has 2 aliphatic carbocycles. The molecule has 0 heterocycles. The summed E-state index contributed by atoms with van der Waals surface area (Å²) < 4.78 is 76.9. The molecule has 18 rings (SSSR count). The Morgan fingerprint density at radius 3 is 0.972 bits per heavy atom. The van der Waals surface area contributed by atoms with Crippen molar-refractivity contribution in [3.63, 3.8) is 0 Å². The van der Waals surface area contributed by atoms with Crippen molar-refractivity contribution in [2.24, 2.45) is 0 Å². The molecule has 0 saturated carbocycles. The predicted molar refractivity (Wildman–Crippen MR) is 424 cm³/mol. The Morgan fingerprint density at radius 2 is 0.594 bits per heavy atom. The predicted octanol–water partition coefficient (Wildman–Crippen LogP) is 26.8. The van der Waals surface area contributed by atoms with Crippen molar-refractivity contribution < 1.29 is 27.0 Å². The standard InChI is InChI=1S/C98H64F4N2O2/c1-3-63-21-45-81(46-22-63)105-83-49-33-71(34-50-83)97(73-31-25-65-13-5-7-15-69(65)57-73)89-19-11-9-17-85(89)87-53-43-79(61-91(87)97)103(95-55-37-75(99)59-93(95)101)77-39-27-67(28-40-77)68-29-41-78(42-30-68)104(96-56-38-76(100)60-94(96)102)80-44-54-88-86-18-10-12-20-90(86)98(92(88)62-80,74-32-26-66-14-6-8-16-70(66)58-74)72-35-51-84(52-36-72)106-82-47-23-64(4-2)24-48-82/h3-62H,1-2H2. The van der Waals surface area contributed by atoms with Crippen LogP contribution in [-0.4, -0.2) is 0 Å². The summed E-state index contributed by atoms with van der Waals surface area (Å²) >= 11 is 0. The van der Waals surface area contributed by atoms with Crippen LogP contribution in [0, 0.1) is 23.3 Å². The van der Waals surface area contributed by atoms with Gasteiger partial charge < -0.3 is 19.3 Å². The third kappa shape index (κ3) is 11.0. The first kappa shape index (κ1) is 64.5. The zero-order chi connectivity index (χ0) is 71.6. The van der Waals surface area contributed by atoms with E-state index in [0.717, 1.165) is 123 Å². The molecular formula is C98H64F4N2O2.